The molecule has 4 aromatic rings. The summed E-state index contributed by atoms with van der Waals surface area (Å²) in [7, 11) is 0.861. The first kappa shape index (κ1) is 32.2. The van der Waals surface area contributed by atoms with Gasteiger partial charge in [-0.1, -0.05) is 78.7 Å². The van der Waals surface area contributed by atoms with Crippen LogP contribution in [0.4, 0.5) is 0 Å². The predicted molar refractivity (Wildman–Crippen MR) is 181 cm³/mol. The van der Waals surface area contributed by atoms with Crippen molar-refractivity contribution in [2.45, 2.75) is 42.9 Å². The van der Waals surface area contributed by atoms with Gasteiger partial charge in [0.15, 0.2) is 0 Å². The average Bonchev–Trinajstić information content (AvgIpc) is 3.06. The van der Waals surface area contributed by atoms with E-state index in [1.54, 1.807) is 11.0 Å². The molecule has 0 aromatic heterocycles. The predicted octanol–water partition coefficient (Wildman–Crippen LogP) is 8.27. The number of hydrogen-bond donors (Lipinski definition) is 0. The minimum Gasteiger partial charge on any atom is -0.341 e. The summed E-state index contributed by atoms with van der Waals surface area (Å²) in [6.45, 7) is 5.28. The summed E-state index contributed by atoms with van der Waals surface area (Å²) < 4.78 is 12.7. The van der Waals surface area contributed by atoms with E-state index in [1.165, 1.54) is 5.56 Å². The van der Waals surface area contributed by atoms with Crippen molar-refractivity contribution < 1.29 is 9.00 Å². The summed E-state index contributed by atoms with van der Waals surface area (Å²) in [5.41, 5.74) is 3.27. The highest BCUT2D eigenvalue weighted by Crippen LogP contribution is 2.34. The maximum absolute atomic E-state index is 13.8. The molecule has 228 valence electrons. The molecule has 2 atom stereocenters. The van der Waals surface area contributed by atoms with Gasteiger partial charge in [-0.25, -0.2) is 0 Å². The van der Waals surface area contributed by atoms with Gasteiger partial charge < -0.3 is 9.80 Å². The van der Waals surface area contributed by atoms with E-state index in [0.717, 1.165) is 60.1 Å². The molecule has 8 heteroatoms. The van der Waals surface area contributed by atoms with Crippen LogP contribution in [0.3, 0.4) is 0 Å². The van der Waals surface area contributed by atoms with E-state index in [2.05, 4.69) is 23.1 Å². The number of carbonyl (C=O) groups is 1. The molecule has 5 nitrogen and oxygen atoms in total. The first-order chi connectivity index (χ1) is 21.3. The molecule has 4 aromatic carbocycles. The third-order valence-corrected chi connectivity index (χ3v) is 10.9. The van der Waals surface area contributed by atoms with Crippen LogP contribution in [-0.2, 0) is 10.8 Å². The standard InChI is InChI=1S/C36H37Cl2N3O2S/c1-3-44(43)35-11-7-6-10-31(35)26-14-17-41(18-15-26)19-16-29(27-12-13-33(37)34(38)22-27)24-40(2)36(42)32-21-25(23-39)20-28-8-4-5-9-30(28)32/h4-13,20-22,26,29H,3,14-19,24H2,1-2H3/t29-,44?/m1/s1. The molecule has 1 heterocycles. The van der Waals surface area contributed by atoms with E-state index in [4.69, 9.17) is 23.2 Å². The second-order valence-electron chi connectivity index (χ2n) is 11.5. The largest absolute Gasteiger partial charge is 0.341 e. The fourth-order valence-electron chi connectivity index (χ4n) is 6.29. The number of rotatable bonds is 10. The third kappa shape index (κ3) is 7.35. The van der Waals surface area contributed by atoms with Crippen LogP contribution in [0.15, 0.2) is 83.8 Å². The SMILES string of the molecule is CCS(=O)c1ccccc1C1CCN(CC[C@H](CN(C)C(=O)c2cc(C#N)cc3ccccc23)c2ccc(Cl)c(Cl)c2)CC1. The van der Waals surface area contributed by atoms with Gasteiger partial charge in [0.05, 0.1) is 32.5 Å². The van der Waals surface area contributed by atoms with Crippen molar-refractivity contribution in [2.24, 2.45) is 0 Å². The lowest BCUT2D eigenvalue weighted by Crippen LogP contribution is -2.36. The summed E-state index contributed by atoms with van der Waals surface area (Å²) in [5.74, 6) is 0.955. The lowest BCUT2D eigenvalue weighted by atomic mass is 9.88. The molecule has 44 heavy (non-hydrogen) atoms. The molecule has 5 rings (SSSR count). The molecule has 1 unspecified atom stereocenters. The van der Waals surface area contributed by atoms with E-state index >= 15 is 0 Å². The minimum atomic E-state index is -0.962. The van der Waals surface area contributed by atoms with Crippen molar-refractivity contribution in [1.29, 1.82) is 5.26 Å². The van der Waals surface area contributed by atoms with Gasteiger partial charge in [0.2, 0.25) is 0 Å². The van der Waals surface area contributed by atoms with E-state index in [-0.39, 0.29) is 11.8 Å². The zero-order valence-corrected chi connectivity index (χ0v) is 27.5. The molecule has 0 N–H and O–H groups in total. The Morgan fingerprint density at radius 3 is 2.48 bits per heavy atom. The van der Waals surface area contributed by atoms with E-state index in [1.807, 2.05) is 74.6 Å². The van der Waals surface area contributed by atoms with Crippen LogP contribution in [0.25, 0.3) is 10.8 Å². The van der Waals surface area contributed by atoms with Crippen molar-refractivity contribution in [3.63, 3.8) is 0 Å². The molecule has 0 radical (unpaired) electrons. The maximum Gasteiger partial charge on any atom is 0.254 e. The fraction of sp³-hybridized carbons (Fsp3) is 0.333. The number of hydrogen-bond acceptors (Lipinski definition) is 4. The number of nitriles is 1. The normalized spacial score (nSPS) is 15.5. The Morgan fingerprint density at radius 1 is 1.02 bits per heavy atom. The van der Waals surface area contributed by atoms with Gasteiger partial charge in [-0.3, -0.25) is 9.00 Å². The van der Waals surface area contributed by atoms with Crippen LogP contribution in [0.1, 0.15) is 65.1 Å². The Labute approximate surface area is 272 Å². The molecule has 0 bridgehead atoms. The first-order valence-electron chi connectivity index (χ1n) is 15.1. The first-order valence-corrected chi connectivity index (χ1v) is 17.2. The van der Waals surface area contributed by atoms with Crippen LogP contribution in [0, 0.1) is 11.3 Å². The number of likely N-dealkylation sites (N-methyl/N-ethyl adjacent to an activating group) is 1. The summed E-state index contributed by atoms with van der Waals surface area (Å²) in [4.78, 5) is 19.1. The molecular weight excluding hydrogens is 609 g/mol. The van der Waals surface area contributed by atoms with E-state index < -0.39 is 10.8 Å². The van der Waals surface area contributed by atoms with Gasteiger partial charge in [-0.15, -0.1) is 0 Å². The van der Waals surface area contributed by atoms with Crippen LogP contribution in [0.2, 0.25) is 10.0 Å². The highest BCUT2D eigenvalue weighted by atomic mass is 35.5. The smallest absolute Gasteiger partial charge is 0.254 e. The number of amides is 1. The minimum absolute atomic E-state index is 0.0366. The number of nitrogens with zero attached hydrogens (tertiary/aromatic N) is 3. The van der Waals surface area contributed by atoms with Gasteiger partial charge in [0, 0.05) is 35.7 Å². The molecule has 1 amide bonds. The molecule has 1 fully saturated rings. The molecule has 1 saturated heterocycles. The molecule has 0 aliphatic carbocycles. The summed E-state index contributed by atoms with van der Waals surface area (Å²) in [6.07, 6.45) is 2.89. The van der Waals surface area contributed by atoms with Crippen molar-refractivity contribution in [2.75, 3.05) is 39.0 Å². The number of benzene rings is 4. The number of piperidine rings is 1. The van der Waals surface area contributed by atoms with Gasteiger partial charge in [0.1, 0.15) is 0 Å². The number of halogens is 2. The number of likely N-dealkylation sites (tertiary alicyclic amines) is 1. The fourth-order valence-corrected chi connectivity index (χ4v) is 7.63. The van der Waals surface area contributed by atoms with Crippen molar-refractivity contribution in [3.05, 3.63) is 111 Å². The van der Waals surface area contributed by atoms with Gasteiger partial charge in [0.25, 0.3) is 5.91 Å². The second-order valence-corrected chi connectivity index (χ2v) is 14.0. The third-order valence-electron chi connectivity index (χ3n) is 8.72. The number of carbonyl (C=O) groups excluding carboxylic acids is 1. The Morgan fingerprint density at radius 2 is 1.75 bits per heavy atom. The van der Waals surface area contributed by atoms with E-state index in [9.17, 15) is 14.3 Å². The molecule has 0 saturated carbocycles. The average molecular weight is 647 g/mol. The Balaban J connectivity index is 1.30. The van der Waals surface area contributed by atoms with Crippen LogP contribution in [-0.4, -0.2) is 58.9 Å². The molecular formula is C36H37Cl2N3O2S. The zero-order chi connectivity index (χ0) is 31.2. The van der Waals surface area contributed by atoms with E-state index in [0.29, 0.717) is 39.4 Å². The van der Waals surface area contributed by atoms with Crippen LogP contribution < -0.4 is 0 Å². The molecule has 0 spiro atoms. The number of fused-ring (bicyclic) bond motifs is 1. The van der Waals surface area contributed by atoms with Crippen LogP contribution in [0.5, 0.6) is 0 Å². The molecule has 1 aliphatic rings. The Bertz CT molecular complexity index is 1710. The lowest BCUT2D eigenvalue weighted by Gasteiger charge is -2.34. The monoisotopic (exact) mass is 645 g/mol. The highest BCUT2D eigenvalue weighted by molar-refractivity contribution is 7.85. The van der Waals surface area contributed by atoms with Crippen molar-refractivity contribution >= 4 is 50.7 Å². The second kappa shape index (κ2) is 14.7. The maximum atomic E-state index is 13.8. The van der Waals surface area contributed by atoms with Gasteiger partial charge in [-0.05, 0) is 97.0 Å². The van der Waals surface area contributed by atoms with Crippen molar-refractivity contribution in [3.8, 4) is 6.07 Å². The summed E-state index contributed by atoms with van der Waals surface area (Å²) in [6, 6.07) is 27.3. The lowest BCUT2D eigenvalue weighted by molar-refractivity contribution is 0.0783. The van der Waals surface area contributed by atoms with Crippen LogP contribution >= 0.6 is 23.2 Å². The Hall–Kier alpha value is -3.21. The summed E-state index contributed by atoms with van der Waals surface area (Å²) >= 11 is 12.7. The van der Waals surface area contributed by atoms with Gasteiger partial charge >= 0.3 is 0 Å². The zero-order valence-electron chi connectivity index (χ0n) is 25.1. The summed E-state index contributed by atoms with van der Waals surface area (Å²) in [5, 5.41) is 12.3. The Kier molecular flexibility index (Phi) is 10.8. The van der Waals surface area contributed by atoms with Gasteiger partial charge in [-0.2, -0.15) is 5.26 Å². The molecule has 1 aliphatic heterocycles. The topological polar surface area (TPSA) is 64.4 Å². The quantitative estimate of drug-likeness (QED) is 0.174. The van der Waals surface area contributed by atoms with Crippen molar-refractivity contribution in [1.82, 2.24) is 9.80 Å². The highest BCUT2D eigenvalue weighted by Gasteiger charge is 2.26.